The average Bonchev–Trinajstić information content (AvgIpc) is 2.65. The molecule has 28 heavy (non-hydrogen) atoms. The molecule has 0 fully saturated rings. The predicted octanol–water partition coefficient (Wildman–Crippen LogP) is 4.96. The maximum atomic E-state index is 12.5. The number of carbonyl (C=O) groups excluding carboxylic acids is 1. The van der Waals surface area contributed by atoms with E-state index in [4.69, 9.17) is 11.6 Å². The molecular weight excluding hydrogens is 372 g/mol. The molecule has 0 aliphatic carbocycles. The second-order valence-corrected chi connectivity index (χ2v) is 7.27. The van der Waals surface area contributed by atoms with Crippen LogP contribution in [0.15, 0.2) is 48.8 Å². The number of amides is 1. The maximum Gasteiger partial charge on any atom is 0.258 e. The van der Waals surface area contributed by atoms with Gasteiger partial charge in [-0.15, -0.1) is 0 Å². The van der Waals surface area contributed by atoms with Gasteiger partial charge in [0.25, 0.3) is 5.91 Å². The fourth-order valence-electron chi connectivity index (χ4n) is 3.11. The van der Waals surface area contributed by atoms with Crippen molar-refractivity contribution in [2.24, 2.45) is 0 Å². The molecule has 0 aliphatic heterocycles. The Labute approximate surface area is 170 Å². The second kappa shape index (κ2) is 8.85. The van der Waals surface area contributed by atoms with Crippen LogP contribution in [0, 0.1) is 20.8 Å². The molecule has 0 atom stereocenters. The highest BCUT2D eigenvalue weighted by atomic mass is 35.5. The third kappa shape index (κ3) is 5.08. The van der Waals surface area contributed by atoms with Crippen LogP contribution in [0.1, 0.15) is 32.6 Å². The van der Waals surface area contributed by atoms with Gasteiger partial charge in [0.1, 0.15) is 0 Å². The van der Waals surface area contributed by atoms with E-state index in [1.165, 1.54) is 18.0 Å². The quantitative estimate of drug-likeness (QED) is 0.619. The zero-order valence-electron chi connectivity index (χ0n) is 16.2. The number of hydrogen-bond donors (Lipinski definition) is 2. The highest BCUT2D eigenvalue weighted by Gasteiger charge is 2.11. The van der Waals surface area contributed by atoms with Gasteiger partial charge in [-0.25, -0.2) is 9.97 Å². The lowest BCUT2D eigenvalue weighted by atomic mass is 10.0. The standard InChI is InChI=1S/C22H23ClN4O/c1-14-9-15(2)20(16(3)10-14)27-21(28)18-12-25-22(26-13-18)24-8-7-17-5-4-6-19(23)11-17/h4-6,9-13H,7-8H2,1-3H3,(H,27,28)(H,24,25,26). The third-order valence-electron chi connectivity index (χ3n) is 4.42. The van der Waals surface area contributed by atoms with E-state index in [0.29, 0.717) is 18.1 Å². The SMILES string of the molecule is Cc1cc(C)c(NC(=O)c2cnc(NCCc3cccc(Cl)c3)nc2)c(C)c1. The van der Waals surface area contributed by atoms with E-state index >= 15 is 0 Å². The van der Waals surface area contributed by atoms with Gasteiger partial charge >= 0.3 is 0 Å². The molecule has 3 rings (SSSR count). The van der Waals surface area contributed by atoms with Gasteiger partial charge < -0.3 is 10.6 Å². The molecule has 2 N–H and O–H groups in total. The molecule has 1 heterocycles. The van der Waals surface area contributed by atoms with Crippen molar-refractivity contribution in [3.63, 3.8) is 0 Å². The Morgan fingerprint density at radius 2 is 1.71 bits per heavy atom. The van der Waals surface area contributed by atoms with Gasteiger partial charge in [-0.3, -0.25) is 4.79 Å². The molecule has 0 unspecified atom stereocenters. The smallest absolute Gasteiger partial charge is 0.258 e. The van der Waals surface area contributed by atoms with Crippen LogP contribution in [0.25, 0.3) is 0 Å². The van der Waals surface area contributed by atoms with E-state index in [0.717, 1.165) is 33.8 Å². The van der Waals surface area contributed by atoms with Crippen LogP contribution in [-0.2, 0) is 6.42 Å². The van der Waals surface area contributed by atoms with E-state index in [2.05, 4.69) is 20.6 Å². The van der Waals surface area contributed by atoms with Gasteiger partial charge in [-0.2, -0.15) is 0 Å². The number of carbonyl (C=O) groups is 1. The van der Waals surface area contributed by atoms with Crippen LogP contribution < -0.4 is 10.6 Å². The highest BCUT2D eigenvalue weighted by molar-refractivity contribution is 6.30. The number of hydrogen-bond acceptors (Lipinski definition) is 4. The number of halogens is 1. The topological polar surface area (TPSA) is 66.9 Å². The van der Waals surface area contributed by atoms with Crippen molar-refractivity contribution < 1.29 is 4.79 Å². The van der Waals surface area contributed by atoms with E-state index in [9.17, 15) is 4.79 Å². The van der Waals surface area contributed by atoms with Gasteiger partial charge in [0, 0.05) is 29.6 Å². The number of benzene rings is 2. The molecule has 144 valence electrons. The summed E-state index contributed by atoms with van der Waals surface area (Å²) in [6.07, 6.45) is 3.87. The Morgan fingerprint density at radius 1 is 1.04 bits per heavy atom. The largest absolute Gasteiger partial charge is 0.354 e. The third-order valence-corrected chi connectivity index (χ3v) is 4.65. The summed E-state index contributed by atoms with van der Waals surface area (Å²) in [5.74, 6) is 0.266. The molecule has 6 heteroatoms. The molecule has 0 saturated heterocycles. The van der Waals surface area contributed by atoms with Gasteiger partial charge in [0.2, 0.25) is 5.95 Å². The van der Waals surface area contributed by atoms with Crippen molar-refractivity contribution in [3.8, 4) is 0 Å². The van der Waals surface area contributed by atoms with Crippen LogP contribution in [0.5, 0.6) is 0 Å². The number of nitrogens with zero attached hydrogens (tertiary/aromatic N) is 2. The second-order valence-electron chi connectivity index (χ2n) is 6.83. The lowest BCUT2D eigenvalue weighted by Crippen LogP contribution is -2.15. The number of rotatable bonds is 6. The Balaban J connectivity index is 1.58. The van der Waals surface area contributed by atoms with Crippen LogP contribution in [0.2, 0.25) is 5.02 Å². The molecular formula is C22H23ClN4O. The van der Waals surface area contributed by atoms with Crippen LogP contribution in [-0.4, -0.2) is 22.4 Å². The van der Waals surface area contributed by atoms with Crippen molar-refractivity contribution in [3.05, 3.63) is 81.6 Å². The van der Waals surface area contributed by atoms with Crippen molar-refractivity contribution in [1.29, 1.82) is 0 Å². The van der Waals surface area contributed by atoms with Crippen molar-refractivity contribution >= 4 is 29.1 Å². The first-order chi connectivity index (χ1) is 13.4. The molecule has 0 radical (unpaired) electrons. The molecule has 0 bridgehead atoms. The summed E-state index contributed by atoms with van der Waals surface area (Å²) in [6, 6.07) is 11.8. The lowest BCUT2D eigenvalue weighted by Gasteiger charge is -2.13. The summed E-state index contributed by atoms with van der Waals surface area (Å²) >= 11 is 5.99. The van der Waals surface area contributed by atoms with E-state index in [1.54, 1.807) is 0 Å². The summed E-state index contributed by atoms with van der Waals surface area (Å²) in [4.78, 5) is 21.0. The minimum atomic E-state index is -0.222. The Kier molecular flexibility index (Phi) is 6.26. The molecule has 0 saturated carbocycles. The first-order valence-electron chi connectivity index (χ1n) is 9.12. The van der Waals surface area contributed by atoms with E-state index < -0.39 is 0 Å². The molecule has 1 amide bonds. The molecule has 0 aliphatic rings. The molecule has 2 aromatic carbocycles. The minimum absolute atomic E-state index is 0.222. The normalized spacial score (nSPS) is 10.6. The molecule has 5 nitrogen and oxygen atoms in total. The predicted molar refractivity (Wildman–Crippen MR) is 114 cm³/mol. The number of anilines is 2. The Hall–Kier alpha value is -2.92. The highest BCUT2D eigenvalue weighted by Crippen LogP contribution is 2.22. The zero-order chi connectivity index (χ0) is 20.1. The van der Waals surface area contributed by atoms with E-state index in [1.807, 2.05) is 57.2 Å². The summed E-state index contributed by atoms with van der Waals surface area (Å²) in [6.45, 7) is 6.68. The van der Waals surface area contributed by atoms with Gasteiger partial charge in [0.15, 0.2) is 0 Å². The van der Waals surface area contributed by atoms with E-state index in [-0.39, 0.29) is 5.91 Å². The summed E-state index contributed by atoms with van der Waals surface area (Å²) in [7, 11) is 0. The monoisotopic (exact) mass is 394 g/mol. The van der Waals surface area contributed by atoms with Crippen LogP contribution in [0.3, 0.4) is 0 Å². The fourth-order valence-corrected chi connectivity index (χ4v) is 3.32. The summed E-state index contributed by atoms with van der Waals surface area (Å²) < 4.78 is 0. The van der Waals surface area contributed by atoms with Crippen molar-refractivity contribution in [2.45, 2.75) is 27.2 Å². The summed E-state index contributed by atoms with van der Waals surface area (Å²) in [5, 5.41) is 6.84. The minimum Gasteiger partial charge on any atom is -0.354 e. The Morgan fingerprint density at radius 3 is 2.36 bits per heavy atom. The van der Waals surface area contributed by atoms with Crippen molar-refractivity contribution in [1.82, 2.24) is 9.97 Å². The molecule has 3 aromatic rings. The lowest BCUT2D eigenvalue weighted by molar-refractivity contribution is 0.102. The molecule has 0 spiro atoms. The van der Waals surface area contributed by atoms with Gasteiger partial charge in [0.05, 0.1) is 5.56 Å². The van der Waals surface area contributed by atoms with Crippen molar-refractivity contribution in [2.75, 3.05) is 17.2 Å². The first-order valence-corrected chi connectivity index (χ1v) is 9.50. The fraction of sp³-hybridized carbons (Fsp3) is 0.227. The van der Waals surface area contributed by atoms with Crippen LogP contribution in [0.4, 0.5) is 11.6 Å². The van der Waals surface area contributed by atoms with Gasteiger partial charge in [-0.05, 0) is 56.0 Å². The number of aryl methyl sites for hydroxylation is 3. The number of nitrogens with one attached hydrogen (secondary N) is 2. The maximum absolute atomic E-state index is 12.5. The number of aromatic nitrogens is 2. The van der Waals surface area contributed by atoms with Gasteiger partial charge in [-0.1, -0.05) is 41.4 Å². The average molecular weight is 395 g/mol. The summed E-state index contributed by atoms with van der Waals surface area (Å²) in [5.41, 5.74) is 5.63. The zero-order valence-corrected chi connectivity index (χ0v) is 17.0. The first kappa shape index (κ1) is 19.8. The Bertz CT molecular complexity index is 963. The van der Waals surface area contributed by atoms with Crippen LogP contribution >= 0.6 is 11.6 Å². The molecule has 1 aromatic heterocycles.